The van der Waals surface area contributed by atoms with Crippen LogP contribution in [0.2, 0.25) is 0 Å². The van der Waals surface area contributed by atoms with Crippen LogP contribution in [0.15, 0.2) is 6.07 Å². The molecule has 76 valence electrons. The summed E-state index contributed by atoms with van der Waals surface area (Å²) < 4.78 is 0. The van der Waals surface area contributed by atoms with Crippen molar-refractivity contribution in [2.75, 3.05) is 0 Å². The highest BCUT2D eigenvalue weighted by molar-refractivity contribution is 7.12. The lowest BCUT2D eigenvalue weighted by atomic mass is 9.89. The topological polar surface area (TPSA) is 37.3 Å². The van der Waals surface area contributed by atoms with E-state index in [4.69, 9.17) is 5.11 Å². The van der Waals surface area contributed by atoms with Gasteiger partial charge in [-0.05, 0) is 37.3 Å². The molecule has 1 aliphatic rings. The number of aryl methyl sites for hydroxylation is 2. The van der Waals surface area contributed by atoms with Crippen molar-refractivity contribution in [1.82, 2.24) is 0 Å². The van der Waals surface area contributed by atoms with Crippen molar-refractivity contribution in [1.29, 1.82) is 0 Å². The fourth-order valence-electron chi connectivity index (χ4n) is 1.95. The number of hydrogen-bond donors (Lipinski definition) is 1. The average Bonchev–Trinajstić information content (AvgIpc) is 2.58. The van der Waals surface area contributed by atoms with Crippen molar-refractivity contribution in [3.05, 3.63) is 21.4 Å². The summed E-state index contributed by atoms with van der Waals surface area (Å²) in [4.78, 5) is 13.5. The van der Waals surface area contributed by atoms with Crippen LogP contribution in [-0.4, -0.2) is 11.1 Å². The highest BCUT2D eigenvalue weighted by Crippen LogP contribution is 2.32. The Morgan fingerprint density at radius 1 is 1.71 bits per heavy atom. The summed E-state index contributed by atoms with van der Waals surface area (Å²) in [6.07, 6.45) is 3.57. The Hall–Kier alpha value is -0.830. The maximum Gasteiger partial charge on any atom is 0.306 e. The fraction of sp³-hybridized carbons (Fsp3) is 0.545. The molecule has 0 amide bonds. The minimum Gasteiger partial charge on any atom is -0.481 e. The predicted octanol–water partition coefficient (Wildman–Crippen LogP) is 2.50. The van der Waals surface area contributed by atoms with Gasteiger partial charge in [0.2, 0.25) is 0 Å². The number of hydrogen-bond acceptors (Lipinski definition) is 2. The van der Waals surface area contributed by atoms with Gasteiger partial charge in [0.25, 0.3) is 0 Å². The Bertz CT molecular complexity index is 354. The second-order valence-corrected chi connectivity index (χ2v) is 5.01. The van der Waals surface area contributed by atoms with Gasteiger partial charge < -0.3 is 5.11 Å². The van der Waals surface area contributed by atoms with Crippen molar-refractivity contribution >= 4 is 17.3 Å². The number of aliphatic carboxylic acids is 1. The number of fused-ring (bicyclic) bond motifs is 1. The Labute approximate surface area is 87.6 Å². The van der Waals surface area contributed by atoms with Gasteiger partial charge in [0.1, 0.15) is 0 Å². The van der Waals surface area contributed by atoms with Gasteiger partial charge >= 0.3 is 5.97 Å². The zero-order valence-electron chi connectivity index (χ0n) is 8.25. The molecule has 1 heterocycles. The van der Waals surface area contributed by atoms with Crippen molar-refractivity contribution in [2.45, 2.75) is 32.6 Å². The van der Waals surface area contributed by atoms with E-state index in [0.717, 1.165) is 25.7 Å². The molecule has 1 atom stereocenters. The normalized spacial score (nSPS) is 20.5. The van der Waals surface area contributed by atoms with E-state index in [1.165, 1.54) is 15.3 Å². The molecule has 0 bridgehead atoms. The molecule has 0 aromatic carbocycles. The third kappa shape index (κ3) is 1.69. The Morgan fingerprint density at radius 2 is 2.50 bits per heavy atom. The quantitative estimate of drug-likeness (QED) is 0.814. The van der Waals surface area contributed by atoms with E-state index in [1.54, 1.807) is 11.3 Å². The molecule has 0 spiro atoms. The molecule has 0 saturated heterocycles. The molecule has 1 aliphatic carbocycles. The number of rotatable bonds is 2. The van der Waals surface area contributed by atoms with E-state index < -0.39 is 5.97 Å². The smallest absolute Gasteiger partial charge is 0.306 e. The lowest BCUT2D eigenvalue weighted by Crippen LogP contribution is -2.20. The van der Waals surface area contributed by atoms with Gasteiger partial charge in [-0.1, -0.05) is 6.92 Å². The number of carboxylic acids is 1. The molecule has 2 rings (SSSR count). The zero-order valence-corrected chi connectivity index (χ0v) is 9.06. The summed E-state index contributed by atoms with van der Waals surface area (Å²) >= 11 is 1.79. The van der Waals surface area contributed by atoms with E-state index in [0.29, 0.717) is 0 Å². The lowest BCUT2D eigenvalue weighted by molar-refractivity contribution is -0.142. The zero-order chi connectivity index (χ0) is 10.1. The molecule has 1 aromatic heterocycles. The Kier molecular flexibility index (Phi) is 2.59. The second kappa shape index (κ2) is 3.73. The van der Waals surface area contributed by atoms with Crippen molar-refractivity contribution in [3.8, 4) is 0 Å². The molecular formula is C11H14O2S. The molecule has 0 fully saturated rings. The van der Waals surface area contributed by atoms with Crippen molar-refractivity contribution < 1.29 is 9.90 Å². The Balaban J connectivity index is 2.21. The SMILES string of the molecule is CCc1cc2c(s1)CC(C(=O)O)CC2. The first-order valence-corrected chi connectivity index (χ1v) is 5.85. The van der Waals surface area contributed by atoms with Crippen LogP contribution in [0.1, 0.15) is 28.7 Å². The first-order chi connectivity index (χ1) is 6.70. The summed E-state index contributed by atoms with van der Waals surface area (Å²) in [6.45, 7) is 2.14. The molecule has 1 N–H and O–H groups in total. The molecule has 1 aromatic rings. The van der Waals surface area contributed by atoms with Gasteiger partial charge in [-0.15, -0.1) is 11.3 Å². The van der Waals surface area contributed by atoms with Crippen molar-refractivity contribution in [2.24, 2.45) is 5.92 Å². The number of carbonyl (C=O) groups is 1. The van der Waals surface area contributed by atoms with Crippen LogP contribution in [-0.2, 0) is 24.1 Å². The van der Waals surface area contributed by atoms with Gasteiger partial charge in [-0.25, -0.2) is 0 Å². The highest BCUT2D eigenvalue weighted by atomic mass is 32.1. The summed E-state index contributed by atoms with van der Waals surface area (Å²) in [7, 11) is 0. The maximum atomic E-state index is 10.8. The first kappa shape index (κ1) is 9.71. The van der Waals surface area contributed by atoms with Crippen molar-refractivity contribution in [3.63, 3.8) is 0 Å². The summed E-state index contributed by atoms with van der Waals surface area (Å²) in [5.41, 5.74) is 1.39. The minimum absolute atomic E-state index is 0.147. The molecule has 14 heavy (non-hydrogen) atoms. The van der Waals surface area contributed by atoms with E-state index in [-0.39, 0.29) is 5.92 Å². The van der Waals surface area contributed by atoms with E-state index >= 15 is 0 Å². The minimum atomic E-state index is -0.637. The lowest BCUT2D eigenvalue weighted by Gasteiger charge is -2.17. The van der Waals surface area contributed by atoms with Crippen LogP contribution >= 0.6 is 11.3 Å². The highest BCUT2D eigenvalue weighted by Gasteiger charge is 2.25. The maximum absolute atomic E-state index is 10.8. The van der Waals surface area contributed by atoms with Gasteiger partial charge in [-0.2, -0.15) is 0 Å². The third-order valence-electron chi connectivity index (χ3n) is 2.84. The number of thiophene rings is 1. The fourth-order valence-corrected chi connectivity index (χ4v) is 3.19. The van der Waals surface area contributed by atoms with E-state index in [9.17, 15) is 4.79 Å². The summed E-state index contributed by atoms with van der Waals surface area (Å²) in [5.74, 6) is -0.784. The van der Waals surface area contributed by atoms with Crippen LogP contribution < -0.4 is 0 Å². The van der Waals surface area contributed by atoms with Crippen LogP contribution in [0.25, 0.3) is 0 Å². The number of carboxylic acid groups (broad SMARTS) is 1. The predicted molar refractivity (Wildman–Crippen MR) is 56.8 cm³/mol. The second-order valence-electron chi connectivity index (χ2n) is 3.79. The Morgan fingerprint density at radius 3 is 3.14 bits per heavy atom. The average molecular weight is 210 g/mol. The largest absolute Gasteiger partial charge is 0.481 e. The van der Waals surface area contributed by atoms with Gasteiger partial charge in [0.15, 0.2) is 0 Å². The van der Waals surface area contributed by atoms with Crippen LogP contribution in [0, 0.1) is 5.92 Å². The van der Waals surface area contributed by atoms with Crippen LogP contribution in [0.4, 0.5) is 0 Å². The molecule has 1 unspecified atom stereocenters. The van der Waals surface area contributed by atoms with Gasteiger partial charge in [0.05, 0.1) is 5.92 Å². The summed E-state index contributed by atoms with van der Waals surface area (Å²) in [6, 6.07) is 2.25. The van der Waals surface area contributed by atoms with Crippen LogP contribution in [0.3, 0.4) is 0 Å². The molecule has 0 aliphatic heterocycles. The van der Waals surface area contributed by atoms with Gasteiger partial charge in [0, 0.05) is 9.75 Å². The first-order valence-electron chi connectivity index (χ1n) is 5.04. The molecule has 0 radical (unpaired) electrons. The monoisotopic (exact) mass is 210 g/mol. The molecule has 2 nitrogen and oxygen atoms in total. The standard InChI is InChI=1S/C11H14O2S/c1-2-9-5-7-3-4-8(11(12)13)6-10(7)14-9/h5,8H,2-4,6H2,1H3,(H,12,13). The van der Waals surface area contributed by atoms with Crippen LogP contribution in [0.5, 0.6) is 0 Å². The van der Waals surface area contributed by atoms with E-state index in [1.807, 2.05) is 0 Å². The van der Waals surface area contributed by atoms with E-state index in [2.05, 4.69) is 13.0 Å². The molecule has 0 saturated carbocycles. The third-order valence-corrected chi connectivity index (χ3v) is 4.18. The molecular weight excluding hydrogens is 196 g/mol. The molecule has 3 heteroatoms. The summed E-state index contributed by atoms with van der Waals surface area (Å²) in [5, 5.41) is 8.93. The van der Waals surface area contributed by atoms with Gasteiger partial charge in [-0.3, -0.25) is 4.79 Å².